The fourth-order valence-electron chi connectivity index (χ4n) is 2.33. The summed E-state index contributed by atoms with van der Waals surface area (Å²) in [6.07, 6.45) is 0. The molecule has 3 aromatic rings. The molecular weight excluding hydrogens is 345 g/mol. The van der Waals surface area contributed by atoms with Crippen LogP contribution < -0.4 is 27.9 Å². The van der Waals surface area contributed by atoms with Crippen LogP contribution in [0.3, 0.4) is 0 Å². The quantitative estimate of drug-likeness (QED) is 0.351. The predicted octanol–water partition coefficient (Wildman–Crippen LogP) is 3.25. The van der Waals surface area contributed by atoms with Crippen LogP contribution in [-0.2, 0) is 0 Å². The van der Waals surface area contributed by atoms with E-state index in [1.165, 1.54) is 12.1 Å². The maximum Gasteiger partial charge on any atom is 0.231 e. The van der Waals surface area contributed by atoms with Crippen molar-refractivity contribution in [2.24, 2.45) is 11.7 Å². The van der Waals surface area contributed by atoms with Crippen LogP contribution in [0.1, 0.15) is 0 Å². The van der Waals surface area contributed by atoms with Gasteiger partial charge >= 0.3 is 0 Å². The van der Waals surface area contributed by atoms with E-state index >= 15 is 0 Å². The summed E-state index contributed by atoms with van der Waals surface area (Å²) >= 11 is 5.86. The van der Waals surface area contributed by atoms with Gasteiger partial charge in [-0.05, 0) is 18.2 Å². The molecule has 0 saturated heterocycles. The molecular formula is C16H15ClFN7. The number of halogens is 2. The third kappa shape index (κ3) is 3.45. The molecule has 0 atom stereocenters. The van der Waals surface area contributed by atoms with Gasteiger partial charge in [-0.3, -0.25) is 0 Å². The number of aromatic nitrogens is 2. The lowest BCUT2D eigenvalue weighted by Crippen LogP contribution is -2.17. The number of hydrogen-bond donors (Lipinski definition) is 5. The Bertz CT molecular complexity index is 864. The number of nitrogens with two attached hydrogens (primary N) is 2. The maximum atomic E-state index is 14.4. The van der Waals surface area contributed by atoms with E-state index in [1.807, 2.05) is 30.3 Å². The van der Waals surface area contributed by atoms with Crippen LogP contribution in [0.5, 0.6) is 0 Å². The van der Waals surface area contributed by atoms with Gasteiger partial charge in [0.2, 0.25) is 5.95 Å². The van der Waals surface area contributed by atoms with E-state index in [1.54, 1.807) is 6.07 Å². The zero-order valence-electron chi connectivity index (χ0n) is 12.9. The summed E-state index contributed by atoms with van der Waals surface area (Å²) in [4.78, 5) is 8.56. The summed E-state index contributed by atoms with van der Waals surface area (Å²) in [5, 5.41) is 2.99. The molecule has 1 aromatic heterocycles. The monoisotopic (exact) mass is 359 g/mol. The van der Waals surface area contributed by atoms with E-state index in [4.69, 9.17) is 23.3 Å². The number of nitrogens with one attached hydrogen (secondary N) is 3. The third-order valence-electron chi connectivity index (χ3n) is 3.43. The first-order valence-electron chi connectivity index (χ1n) is 7.25. The lowest BCUT2D eigenvalue weighted by Gasteiger charge is -2.16. The number of nitrogen functional groups attached to an aromatic ring is 2. The number of benzene rings is 2. The van der Waals surface area contributed by atoms with Crippen molar-refractivity contribution in [3.05, 3.63) is 59.4 Å². The van der Waals surface area contributed by atoms with E-state index < -0.39 is 5.82 Å². The normalized spacial score (nSPS) is 10.4. The Morgan fingerprint density at radius 2 is 1.52 bits per heavy atom. The fourth-order valence-corrected chi connectivity index (χ4v) is 2.50. The lowest BCUT2D eigenvalue weighted by atomic mass is 10.1. The van der Waals surface area contributed by atoms with Gasteiger partial charge in [0.05, 0.1) is 10.6 Å². The molecule has 0 fully saturated rings. The summed E-state index contributed by atoms with van der Waals surface area (Å²) in [5.74, 6) is 11.1. The second kappa shape index (κ2) is 7.31. The second-order valence-electron chi connectivity index (χ2n) is 5.00. The Hall–Kier alpha value is -2.94. The highest BCUT2D eigenvalue weighted by molar-refractivity contribution is 6.31. The Kier molecular flexibility index (Phi) is 4.94. The molecule has 7 nitrogen and oxygen atoms in total. The molecule has 0 spiro atoms. The van der Waals surface area contributed by atoms with Crippen molar-refractivity contribution in [1.29, 1.82) is 0 Å². The fraction of sp³-hybridized carbons (Fsp3) is 0. The van der Waals surface area contributed by atoms with E-state index in [9.17, 15) is 4.39 Å². The molecule has 7 N–H and O–H groups in total. The Morgan fingerprint density at radius 1 is 0.880 bits per heavy atom. The van der Waals surface area contributed by atoms with E-state index in [2.05, 4.69) is 26.1 Å². The number of hydrogen-bond acceptors (Lipinski definition) is 7. The topological polar surface area (TPSA) is 114 Å². The first-order valence-corrected chi connectivity index (χ1v) is 7.63. The maximum absolute atomic E-state index is 14.4. The molecule has 3 rings (SSSR count). The summed E-state index contributed by atoms with van der Waals surface area (Å²) in [5.41, 5.74) is 6.10. The molecule has 1 heterocycles. The van der Waals surface area contributed by atoms with Crippen molar-refractivity contribution >= 4 is 34.9 Å². The van der Waals surface area contributed by atoms with Crippen molar-refractivity contribution in [2.45, 2.75) is 0 Å². The van der Waals surface area contributed by atoms with Gasteiger partial charge in [-0.2, -0.15) is 9.97 Å². The minimum Gasteiger partial charge on any atom is -0.324 e. The van der Waals surface area contributed by atoms with Gasteiger partial charge in [-0.15, -0.1) is 0 Å². The molecule has 0 unspecified atom stereocenters. The smallest absolute Gasteiger partial charge is 0.231 e. The van der Waals surface area contributed by atoms with Gasteiger partial charge in [0.15, 0.2) is 11.6 Å². The van der Waals surface area contributed by atoms with E-state index in [0.717, 1.165) is 5.69 Å². The molecule has 0 saturated carbocycles. The van der Waals surface area contributed by atoms with E-state index in [0.29, 0.717) is 0 Å². The minimum atomic E-state index is -0.621. The van der Waals surface area contributed by atoms with Crippen LogP contribution in [0.25, 0.3) is 11.1 Å². The molecule has 0 amide bonds. The lowest BCUT2D eigenvalue weighted by molar-refractivity contribution is 0.631. The van der Waals surface area contributed by atoms with Crippen LogP contribution in [0, 0.1) is 5.82 Å². The third-order valence-corrected chi connectivity index (χ3v) is 3.73. The Balaban J connectivity index is 2.12. The van der Waals surface area contributed by atoms with Crippen molar-refractivity contribution < 1.29 is 4.39 Å². The standard InChI is InChI=1S/C16H15ClFN7/c17-11-8-4-7-10(13(11)18)12-14(24-19)22-16(23-15(12)25-20)21-9-5-2-1-3-6-9/h1-8H,19-20H2,(H3,21,22,23,24,25). The zero-order chi connectivity index (χ0) is 17.8. The Labute approximate surface area is 148 Å². The van der Waals surface area contributed by atoms with Gasteiger partial charge in [0.25, 0.3) is 0 Å². The Morgan fingerprint density at radius 3 is 2.12 bits per heavy atom. The average molecular weight is 360 g/mol. The van der Waals surface area contributed by atoms with Crippen molar-refractivity contribution in [2.75, 3.05) is 16.2 Å². The van der Waals surface area contributed by atoms with Crippen LogP contribution in [-0.4, -0.2) is 9.97 Å². The summed E-state index contributed by atoms with van der Waals surface area (Å²) in [6, 6.07) is 13.9. The largest absolute Gasteiger partial charge is 0.324 e. The molecule has 0 bridgehead atoms. The molecule has 2 aromatic carbocycles. The minimum absolute atomic E-state index is 0.0325. The molecule has 0 aliphatic heterocycles. The average Bonchev–Trinajstić information content (AvgIpc) is 2.64. The van der Waals surface area contributed by atoms with Crippen LogP contribution >= 0.6 is 11.6 Å². The molecule has 0 radical (unpaired) electrons. The number of nitrogens with zero attached hydrogens (tertiary/aromatic N) is 2. The van der Waals surface area contributed by atoms with Gasteiger partial charge in [-0.1, -0.05) is 41.9 Å². The highest BCUT2D eigenvalue weighted by atomic mass is 35.5. The molecule has 0 aliphatic carbocycles. The van der Waals surface area contributed by atoms with E-state index in [-0.39, 0.29) is 33.7 Å². The second-order valence-corrected chi connectivity index (χ2v) is 5.41. The van der Waals surface area contributed by atoms with Crippen molar-refractivity contribution in [1.82, 2.24) is 9.97 Å². The first-order chi connectivity index (χ1) is 12.1. The molecule has 25 heavy (non-hydrogen) atoms. The zero-order valence-corrected chi connectivity index (χ0v) is 13.7. The summed E-state index contributed by atoms with van der Waals surface area (Å²) < 4.78 is 14.4. The summed E-state index contributed by atoms with van der Waals surface area (Å²) in [6.45, 7) is 0. The number of anilines is 4. The van der Waals surface area contributed by atoms with Gasteiger partial charge in [0.1, 0.15) is 5.82 Å². The van der Waals surface area contributed by atoms with Gasteiger partial charge in [0, 0.05) is 11.3 Å². The summed E-state index contributed by atoms with van der Waals surface area (Å²) in [7, 11) is 0. The van der Waals surface area contributed by atoms with Gasteiger partial charge in [-0.25, -0.2) is 16.1 Å². The number of hydrazine groups is 2. The van der Waals surface area contributed by atoms with Crippen molar-refractivity contribution in [3.8, 4) is 11.1 Å². The SMILES string of the molecule is NNc1nc(Nc2ccccc2)nc(NN)c1-c1cccc(Cl)c1F. The molecule has 9 heteroatoms. The van der Waals surface area contributed by atoms with Crippen LogP contribution in [0.4, 0.5) is 27.7 Å². The molecule has 128 valence electrons. The number of para-hydroxylation sites is 1. The van der Waals surface area contributed by atoms with Crippen LogP contribution in [0.2, 0.25) is 5.02 Å². The first kappa shape index (κ1) is 16.9. The highest BCUT2D eigenvalue weighted by Crippen LogP contribution is 2.37. The predicted molar refractivity (Wildman–Crippen MR) is 97.8 cm³/mol. The molecule has 0 aliphatic rings. The van der Waals surface area contributed by atoms with Gasteiger partial charge < -0.3 is 16.2 Å². The highest BCUT2D eigenvalue weighted by Gasteiger charge is 2.20. The van der Waals surface area contributed by atoms with Crippen LogP contribution in [0.15, 0.2) is 48.5 Å². The van der Waals surface area contributed by atoms with Crippen molar-refractivity contribution in [3.63, 3.8) is 0 Å². The number of rotatable bonds is 5.